The SMILES string of the molecule is CN(C)C/C=C/C(=O)CCC(=O)C(C)(C)C. The second-order valence-corrected chi connectivity index (χ2v) is 5.30. The molecule has 0 bridgehead atoms. The standard InChI is InChI=1S/C13H23NO2/c1-13(2,3)12(16)9-8-11(15)7-6-10-14(4)5/h6-7H,8-10H2,1-5H3/b7-6+. The molecule has 0 N–H and O–H groups in total. The molecule has 3 nitrogen and oxygen atoms in total. The highest BCUT2D eigenvalue weighted by molar-refractivity contribution is 5.94. The lowest BCUT2D eigenvalue weighted by Gasteiger charge is -2.15. The smallest absolute Gasteiger partial charge is 0.155 e. The Bertz CT molecular complexity index is 272. The van der Waals surface area contributed by atoms with E-state index < -0.39 is 0 Å². The molecule has 0 saturated heterocycles. The first-order valence-electron chi connectivity index (χ1n) is 5.61. The Kier molecular flexibility index (Phi) is 6.19. The Morgan fingerprint density at radius 3 is 2.12 bits per heavy atom. The number of rotatable bonds is 6. The first-order valence-corrected chi connectivity index (χ1v) is 5.61. The summed E-state index contributed by atoms with van der Waals surface area (Å²) in [6, 6.07) is 0. The number of allylic oxidation sites excluding steroid dienone is 1. The normalized spacial score (nSPS) is 12.4. The van der Waals surface area contributed by atoms with Crippen LogP contribution in [0.2, 0.25) is 0 Å². The third-order valence-electron chi connectivity index (χ3n) is 2.21. The number of nitrogens with zero attached hydrogens (tertiary/aromatic N) is 1. The fourth-order valence-corrected chi connectivity index (χ4v) is 1.09. The van der Waals surface area contributed by atoms with Gasteiger partial charge in [-0.15, -0.1) is 0 Å². The van der Waals surface area contributed by atoms with Crippen LogP contribution in [0.15, 0.2) is 12.2 Å². The van der Waals surface area contributed by atoms with Gasteiger partial charge in [-0.25, -0.2) is 0 Å². The van der Waals surface area contributed by atoms with Crippen molar-refractivity contribution in [1.82, 2.24) is 4.90 Å². The van der Waals surface area contributed by atoms with Gasteiger partial charge in [-0.3, -0.25) is 9.59 Å². The van der Waals surface area contributed by atoms with Crippen molar-refractivity contribution in [2.24, 2.45) is 5.41 Å². The number of carbonyl (C=O) groups is 2. The summed E-state index contributed by atoms with van der Waals surface area (Å²) in [7, 11) is 3.88. The van der Waals surface area contributed by atoms with E-state index in [0.29, 0.717) is 12.8 Å². The van der Waals surface area contributed by atoms with Crippen LogP contribution < -0.4 is 0 Å². The van der Waals surface area contributed by atoms with E-state index in [4.69, 9.17) is 0 Å². The third kappa shape index (κ3) is 7.35. The van der Waals surface area contributed by atoms with Gasteiger partial charge in [0.15, 0.2) is 5.78 Å². The quantitative estimate of drug-likeness (QED) is 0.649. The van der Waals surface area contributed by atoms with Crippen LogP contribution in [0.5, 0.6) is 0 Å². The second kappa shape index (κ2) is 6.59. The number of likely N-dealkylation sites (N-methyl/N-ethyl adjacent to an activating group) is 1. The summed E-state index contributed by atoms with van der Waals surface area (Å²) in [4.78, 5) is 24.9. The average molecular weight is 225 g/mol. The molecule has 0 aliphatic heterocycles. The highest BCUT2D eigenvalue weighted by Gasteiger charge is 2.20. The van der Waals surface area contributed by atoms with E-state index in [1.165, 1.54) is 0 Å². The molecule has 0 saturated carbocycles. The Hall–Kier alpha value is -0.960. The molecular weight excluding hydrogens is 202 g/mol. The van der Waals surface area contributed by atoms with E-state index in [2.05, 4.69) is 0 Å². The molecule has 0 fully saturated rings. The Morgan fingerprint density at radius 2 is 1.69 bits per heavy atom. The van der Waals surface area contributed by atoms with Gasteiger partial charge in [-0.2, -0.15) is 0 Å². The van der Waals surface area contributed by atoms with Crippen molar-refractivity contribution >= 4 is 11.6 Å². The molecule has 0 heterocycles. The molecule has 0 unspecified atom stereocenters. The van der Waals surface area contributed by atoms with Gasteiger partial charge in [-0.05, 0) is 20.2 Å². The fourth-order valence-electron chi connectivity index (χ4n) is 1.09. The van der Waals surface area contributed by atoms with Crippen molar-refractivity contribution in [2.45, 2.75) is 33.6 Å². The van der Waals surface area contributed by atoms with E-state index in [1.807, 2.05) is 45.8 Å². The van der Waals surface area contributed by atoms with Crippen LogP contribution in [0, 0.1) is 5.41 Å². The second-order valence-electron chi connectivity index (χ2n) is 5.30. The predicted molar refractivity (Wildman–Crippen MR) is 66.4 cm³/mol. The number of hydrogen-bond donors (Lipinski definition) is 0. The molecule has 0 amide bonds. The monoisotopic (exact) mass is 225 g/mol. The van der Waals surface area contributed by atoms with E-state index in [1.54, 1.807) is 6.08 Å². The summed E-state index contributed by atoms with van der Waals surface area (Å²) < 4.78 is 0. The van der Waals surface area contributed by atoms with Gasteiger partial charge in [0.1, 0.15) is 5.78 Å². The third-order valence-corrected chi connectivity index (χ3v) is 2.21. The van der Waals surface area contributed by atoms with Crippen molar-refractivity contribution < 1.29 is 9.59 Å². The zero-order chi connectivity index (χ0) is 12.8. The maximum absolute atomic E-state index is 11.6. The van der Waals surface area contributed by atoms with Gasteiger partial charge in [0.25, 0.3) is 0 Å². The summed E-state index contributed by atoms with van der Waals surface area (Å²) >= 11 is 0. The molecule has 0 aliphatic carbocycles. The molecule has 0 aromatic carbocycles. The highest BCUT2D eigenvalue weighted by Crippen LogP contribution is 2.17. The highest BCUT2D eigenvalue weighted by atomic mass is 16.1. The van der Waals surface area contributed by atoms with Gasteiger partial charge in [0.05, 0.1) is 0 Å². The fraction of sp³-hybridized carbons (Fsp3) is 0.692. The summed E-state index contributed by atoms with van der Waals surface area (Å²) in [5, 5.41) is 0. The minimum atomic E-state index is -0.340. The van der Waals surface area contributed by atoms with Gasteiger partial charge in [0, 0.05) is 24.8 Å². The largest absolute Gasteiger partial charge is 0.306 e. The van der Waals surface area contributed by atoms with Crippen molar-refractivity contribution in [3.8, 4) is 0 Å². The predicted octanol–water partition coefficient (Wildman–Crippen LogP) is 2.07. The van der Waals surface area contributed by atoms with Crippen LogP contribution in [-0.2, 0) is 9.59 Å². The lowest BCUT2D eigenvalue weighted by molar-refractivity contribution is -0.128. The van der Waals surface area contributed by atoms with Crippen molar-refractivity contribution in [3.63, 3.8) is 0 Å². The number of carbonyl (C=O) groups excluding carboxylic acids is 2. The number of Topliss-reactive ketones (excluding diaryl/α,β-unsaturated/α-hetero) is 1. The molecule has 0 atom stereocenters. The minimum absolute atomic E-state index is 0.0273. The van der Waals surface area contributed by atoms with Gasteiger partial charge >= 0.3 is 0 Å². The van der Waals surface area contributed by atoms with Crippen molar-refractivity contribution in [2.75, 3.05) is 20.6 Å². The molecule has 0 aromatic heterocycles. The molecule has 0 spiro atoms. The Labute approximate surface area is 98.5 Å². The van der Waals surface area contributed by atoms with Crippen LogP contribution in [0.25, 0.3) is 0 Å². The molecular formula is C13H23NO2. The van der Waals surface area contributed by atoms with Crippen LogP contribution in [0.4, 0.5) is 0 Å². The van der Waals surface area contributed by atoms with Gasteiger partial charge in [0.2, 0.25) is 0 Å². The molecule has 0 aliphatic rings. The first kappa shape index (κ1) is 15.0. The molecule has 0 rings (SSSR count). The van der Waals surface area contributed by atoms with E-state index >= 15 is 0 Å². The summed E-state index contributed by atoms with van der Waals surface area (Å²) in [6.45, 7) is 6.38. The maximum Gasteiger partial charge on any atom is 0.155 e. The molecule has 16 heavy (non-hydrogen) atoms. The molecule has 0 radical (unpaired) electrons. The van der Waals surface area contributed by atoms with Crippen LogP contribution in [0.3, 0.4) is 0 Å². The summed E-state index contributed by atoms with van der Waals surface area (Å²) in [5.41, 5.74) is -0.340. The summed E-state index contributed by atoms with van der Waals surface area (Å²) in [5.74, 6) is 0.168. The van der Waals surface area contributed by atoms with Gasteiger partial charge < -0.3 is 4.90 Å². The van der Waals surface area contributed by atoms with Gasteiger partial charge in [-0.1, -0.05) is 26.8 Å². The zero-order valence-corrected chi connectivity index (χ0v) is 11.0. The van der Waals surface area contributed by atoms with E-state index in [9.17, 15) is 9.59 Å². The maximum atomic E-state index is 11.6. The van der Waals surface area contributed by atoms with Crippen molar-refractivity contribution in [3.05, 3.63) is 12.2 Å². The molecule has 92 valence electrons. The van der Waals surface area contributed by atoms with Crippen LogP contribution in [0.1, 0.15) is 33.6 Å². The Balaban J connectivity index is 3.91. The van der Waals surface area contributed by atoms with E-state index in [-0.39, 0.29) is 17.0 Å². The zero-order valence-electron chi connectivity index (χ0n) is 11.0. The van der Waals surface area contributed by atoms with Crippen LogP contribution in [-0.4, -0.2) is 37.1 Å². The average Bonchev–Trinajstić information content (AvgIpc) is 2.11. The lowest BCUT2D eigenvalue weighted by Crippen LogP contribution is -2.20. The molecule has 0 aromatic rings. The number of hydrogen-bond acceptors (Lipinski definition) is 3. The summed E-state index contributed by atoms with van der Waals surface area (Å²) in [6.07, 6.45) is 4.05. The minimum Gasteiger partial charge on any atom is -0.306 e. The number of ketones is 2. The lowest BCUT2D eigenvalue weighted by atomic mass is 9.88. The first-order chi connectivity index (χ1) is 7.23. The van der Waals surface area contributed by atoms with E-state index in [0.717, 1.165) is 6.54 Å². The Morgan fingerprint density at radius 1 is 1.12 bits per heavy atom. The molecule has 3 heteroatoms. The van der Waals surface area contributed by atoms with Crippen molar-refractivity contribution in [1.29, 1.82) is 0 Å². The topological polar surface area (TPSA) is 37.4 Å². The van der Waals surface area contributed by atoms with Crippen LogP contribution >= 0.6 is 0 Å².